The third-order valence-corrected chi connectivity index (χ3v) is 3.20. The Morgan fingerprint density at radius 3 is 2.82 bits per heavy atom. The fourth-order valence-corrected chi connectivity index (χ4v) is 2.61. The summed E-state index contributed by atoms with van der Waals surface area (Å²) in [5.74, 6) is 0.00824. The van der Waals surface area contributed by atoms with Gasteiger partial charge in [-0.3, -0.25) is 4.79 Å². The van der Waals surface area contributed by atoms with Crippen LogP contribution in [0.15, 0.2) is 0 Å². The van der Waals surface area contributed by atoms with Crippen LogP contribution in [0, 0.1) is 0 Å². The van der Waals surface area contributed by atoms with Gasteiger partial charge < -0.3 is 10.8 Å². The molecule has 4 heteroatoms. The molecule has 0 saturated carbocycles. The maximum absolute atomic E-state index is 10.7. The molecular weight excluding hydrogens is 162 g/mol. The van der Waals surface area contributed by atoms with Crippen molar-refractivity contribution in [2.75, 3.05) is 5.75 Å². The molecule has 0 aliphatic carbocycles. The maximum Gasteiger partial charge on any atom is 0.323 e. The smallest absolute Gasteiger partial charge is 0.323 e. The van der Waals surface area contributed by atoms with Crippen LogP contribution in [0.5, 0.6) is 0 Å². The quantitative estimate of drug-likeness (QED) is 0.615. The van der Waals surface area contributed by atoms with Gasteiger partial charge >= 0.3 is 5.97 Å². The van der Waals surface area contributed by atoms with E-state index in [9.17, 15) is 4.79 Å². The Morgan fingerprint density at radius 1 is 1.82 bits per heavy atom. The Labute approximate surface area is 70.3 Å². The standard InChI is InChI=1S/C7H13NO2S/c1-5-4-7(8,6(9)10)2-3-11-5/h5H,2-4,8H2,1H3,(H,9,10). The van der Waals surface area contributed by atoms with E-state index in [1.54, 1.807) is 11.8 Å². The van der Waals surface area contributed by atoms with Crippen molar-refractivity contribution in [3.8, 4) is 0 Å². The van der Waals surface area contributed by atoms with Crippen molar-refractivity contribution in [1.82, 2.24) is 0 Å². The average Bonchev–Trinajstić information content (AvgIpc) is 1.86. The fraction of sp³-hybridized carbons (Fsp3) is 0.857. The molecule has 0 aromatic heterocycles. The minimum absolute atomic E-state index is 0.379. The van der Waals surface area contributed by atoms with E-state index >= 15 is 0 Å². The van der Waals surface area contributed by atoms with E-state index < -0.39 is 11.5 Å². The normalized spacial score (nSPS) is 38.5. The van der Waals surface area contributed by atoms with Gasteiger partial charge in [-0.1, -0.05) is 6.92 Å². The molecule has 64 valence electrons. The van der Waals surface area contributed by atoms with Crippen molar-refractivity contribution in [2.24, 2.45) is 5.73 Å². The lowest BCUT2D eigenvalue weighted by Crippen LogP contribution is -2.52. The fourth-order valence-electron chi connectivity index (χ4n) is 1.31. The second kappa shape index (κ2) is 3.03. The van der Waals surface area contributed by atoms with Crippen molar-refractivity contribution in [2.45, 2.75) is 30.6 Å². The van der Waals surface area contributed by atoms with E-state index in [1.165, 1.54) is 0 Å². The number of thioether (sulfide) groups is 1. The van der Waals surface area contributed by atoms with Crippen LogP contribution in [0.3, 0.4) is 0 Å². The zero-order chi connectivity index (χ0) is 8.48. The van der Waals surface area contributed by atoms with Gasteiger partial charge in [0.25, 0.3) is 0 Å². The van der Waals surface area contributed by atoms with E-state index in [1.807, 2.05) is 6.92 Å². The summed E-state index contributed by atoms with van der Waals surface area (Å²) in [6.07, 6.45) is 1.18. The van der Waals surface area contributed by atoms with Crippen molar-refractivity contribution >= 4 is 17.7 Å². The second-order valence-electron chi connectivity index (χ2n) is 3.10. The second-order valence-corrected chi connectivity index (χ2v) is 4.64. The molecule has 2 unspecified atom stereocenters. The molecule has 1 aliphatic rings. The summed E-state index contributed by atoms with van der Waals surface area (Å²) < 4.78 is 0. The number of aliphatic carboxylic acids is 1. The van der Waals surface area contributed by atoms with Crippen LogP contribution in [-0.2, 0) is 4.79 Å². The third kappa shape index (κ3) is 1.87. The molecule has 0 spiro atoms. The molecule has 3 nitrogen and oxygen atoms in total. The predicted octanol–water partition coefficient (Wildman–Crippen LogP) is 0.684. The minimum Gasteiger partial charge on any atom is -0.480 e. The molecule has 0 aromatic carbocycles. The molecule has 0 aromatic rings. The van der Waals surface area contributed by atoms with E-state index in [2.05, 4.69) is 0 Å². The molecule has 1 rings (SSSR count). The van der Waals surface area contributed by atoms with Crippen LogP contribution >= 0.6 is 11.8 Å². The highest BCUT2D eigenvalue weighted by atomic mass is 32.2. The Hall–Kier alpha value is -0.220. The number of carboxylic acid groups (broad SMARTS) is 1. The van der Waals surface area contributed by atoms with E-state index in [0.29, 0.717) is 18.1 Å². The number of carboxylic acids is 1. The lowest BCUT2D eigenvalue weighted by atomic mass is 9.91. The molecule has 1 heterocycles. The summed E-state index contributed by atoms with van der Waals surface area (Å²) in [6, 6.07) is 0. The van der Waals surface area contributed by atoms with Gasteiger partial charge in [0.1, 0.15) is 5.54 Å². The first-order chi connectivity index (χ1) is 5.04. The first-order valence-electron chi connectivity index (χ1n) is 3.68. The number of carbonyl (C=O) groups is 1. The lowest BCUT2D eigenvalue weighted by molar-refractivity contribution is -0.143. The summed E-state index contributed by atoms with van der Waals surface area (Å²) in [5.41, 5.74) is 4.73. The maximum atomic E-state index is 10.7. The SMILES string of the molecule is CC1CC(N)(C(=O)O)CCS1. The largest absolute Gasteiger partial charge is 0.480 e. The summed E-state index contributed by atoms with van der Waals surface area (Å²) in [4.78, 5) is 10.7. The van der Waals surface area contributed by atoms with Gasteiger partial charge in [-0.05, 0) is 18.6 Å². The number of rotatable bonds is 1. The molecular formula is C7H13NO2S. The van der Waals surface area contributed by atoms with Gasteiger partial charge in [-0.25, -0.2) is 0 Å². The number of hydrogen-bond donors (Lipinski definition) is 2. The molecule has 0 amide bonds. The Bertz CT molecular complexity index is 174. The minimum atomic E-state index is -0.954. The average molecular weight is 175 g/mol. The molecule has 3 N–H and O–H groups in total. The molecule has 2 atom stereocenters. The molecule has 1 aliphatic heterocycles. The Morgan fingerprint density at radius 2 is 2.45 bits per heavy atom. The first kappa shape index (κ1) is 8.87. The highest BCUT2D eigenvalue weighted by Gasteiger charge is 2.38. The van der Waals surface area contributed by atoms with Gasteiger partial charge in [0.15, 0.2) is 0 Å². The highest BCUT2D eigenvalue weighted by molar-refractivity contribution is 7.99. The molecule has 1 fully saturated rings. The first-order valence-corrected chi connectivity index (χ1v) is 4.73. The summed E-state index contributed by atoms with van der Waals surface area (Å²) in [5, 5.41) is 9.16. The topological polar surface area (TPSA) is 63.3 Å². The summed E-state index contributed by atoms with van der Waals surface area (Å²) in [7, 11) is 0. The predicted molar refractivity (Wildman–Crippen MR) is 45.7 cm³/mol. The lowest BCUT2D eigenvalue weighted by Gasteiger charge is -2.32. The number of hydrogen-bond acceptors (Lipinski definition) is 3. The van der Waals surface area contributed by atoms with Crippen LogP contribution in [0.4, 0.5) is 0 Å². The van der Waals surface area contributed by atoms with Gasteiger partial charge in [0.2, 0.25) is 0 Å². The molecule has 0 bridgehead atoms. The van der Waals surface area contributed by atoms with E-state index in [-0.39, 0.29) is 0 Å². The van der Waals surface area contributed by atoms with Crippen molar-refractivity contribution in [3.05, 3.63) is 0 Å². The van der Waals surface area contributed by atoms with Gasteiger partial charge in [-0.2, -0.15) is 11.8 Å². The van der Waals surface area contributed by atoms with Crippen LogP contribution in [0.1, 0.15) is 19.8 Å². The van der Waals surface area contributed by atoms with Gasteiger partial charge in [0.05, 0.1) is 0 Å². The van der Waals surface area contributed by atoms with Crippen LogP contribution in [-0.4, -0.2) is 27.6 Å². The van der Waals surface area contributed by atoms with E-state index in [4.69, 9.17) is 10.8 Å². The molecule has 0 radical (unpaired) electrons. The Kier molecular flexibility index (Phi) is 2.44. The highest BCUT2D eigenvalue weighted by Crippen LogP contribution is 2.30. The zero-order valence-electron chi connectivity index (χ0n) is 6.54. The van der Waals surface area contributed by atoms with Crippen LogP contribution < -0.4 is 5.73 Å². The summed E-state index contributed by atoms with van der Waals surface area (Å²) >= 11 is 1.79. The third-order valence-electron chi connectivity index (χ3n) is 2.03. The van der Waals surface area contributed by atoms with Crippen molar-refractivity contribution in [1.29, 1.82) is 0 Å². The molecule has 1 saturated heterocycles. The van der Waals surface area contributed by atoms with Crippen molar-refractivity contribution in [3.63, 3.8) is 0 Å². The van der Waals surface area contributed by atoms with E-state index in [0.717, 1.165) is 5.75 Å². The van der Waals surface area contributed by atoms with Gasteiger partial charge in [0, 0.05) is 5.25 Å². The van der Waals surface area contributed by atoms with Crippen molar-refractivity contribution < 1.29 is 9.90 Å². The summed E-state index contributed by atoms with van der Waals surface area (Å²) in [6.45, 7) is 2.02. The van der Waals surface area contributed by atoms with Crippen LogP contribution in [0.2, 0.25) is 0 Å². The number of nitrogens with two attached hydrogens (primary N) is 1. The molecule has 11 heavy (non-hydrogen) atoms. The monoisotopic (exact) mass is 175 g/mol. The Balaban J connectivity index is 2.63. The van der Waals surface area contributed by atoms with Gasteiger partial charge in [-0.15, -0.1) is 0 Å². The zero-order valence-corrected chi connectivity index (χ0v) is 7.36. The van der Waals surface area contributed by atoms with Crippen LogP contribution in [0.25, 0.3) is 0 Å².